The Morgan fingerprint density at radius 1 is 1.40 bits per heavy atom. The fourth-order valence-corrected chi connectivity index (χ4v) is 0. The zero-order valence-electron chi connectivity index (χ0n) is 3.91. The lowest BCUT2D eigenvalue weighted by atomic mass is 10.4. The van der Waals surface area contributed by atoms with Crippen molar-refractivity contribution in [3.63, 3.8) is 0 Å². The topological polar surface area (TPSA) is 35.0 Å². The van der Waals surface area contributed by atoms with Gasteiger partial charge in [0.05, 0.1) is 0 Å². The van der Waals surface area contributed by atoms with Gasteiger partial charge in [-0.15, -0.1) is 6.58 Å². The van der Waals surface area contributed by atoms with E-state index in [1.165, 1.54) is 5.57 Å². The van der Waals surface area contributed by atoms with Crippen LogP contribution >= 0.6 is 0 Å². The van der Waals surface area contributed by atoms with Gasteiger partial charge < -0.3 is 6.15 Å². The average molecular weight is 73.1 g/mol. The Labute approximate surface area is 33.3 Å². The van der Waals surface area contributed by atoms with E-state index in [0.717, 1.165) is 0 Å². The second kappa shape index (κ2) is 3.70. The molecule has 0 amide bonds. The maximum atomic E-state index is 3.56. The quantitative estimate of drug-likeness (QED) is 0.435. The largest absolute Gasteiger partial charge is 0.344 e. The molecule has 0 fully saturated rings. The van der Waals surface area contributed by atoms with E-state index in [1.807, 2.05) is 13.8 Å². The van der Waals surface area contributed by atoms with Crippen LogP contribution in [0.4, 0.5) is 0 Å². The molecule has 3 N–H and O–H groups in total. The standard InChI is InChI=1S/C4H8.H3N/c1-4(2)3;/h1H2,2-3H3;1H3. The van der Waals surface area contributed by atoms with Crippen LogP contribution in [0, 0.1) is 0 Å². The van der Waals surface area contributed by atoms with Crippen LogP contribution in [0.15, 0.2) is 12.2 Å². The summed E-state index contributed by atoms with van der Waals surface area (Å²) in [5.41, 5.74) is 1.17. The highest BCUT2D eigenvalue weighted by molar-refractivity contribution is 4.78. The van der Waals surface area contributed by atoms with Crippen LogP contribution in [-0.4, -0.2) is 0 Å². The lowest BCUT2D eigenvalue weighted by Crippen LogP contribution is -1.43. The molecule has 0 aliphatic carbocycles. The van der Waals surface area contributed by atoms with Crippen LogP contribution in [0.3, 0.4) is 0 Å². The number of rotatable bonds is 0. The molecule has 0 atom stereocenters. The molecule has 0 aliphatic rings. The number of hydrogen-bond acceptors (Lipinski definition) is 1. The minimum absolute atomic E-state index is 0. The molecule has 32 valence electrons. The highest BCUT2D eigenvalue weighted by Crippen LogP contribution is 1.73. The Bertz CT molecular complexity index is 26.6. The van der Waals surface area contributed by atoms with Gasteiger partial charge in [0.15, 0.2) is 0 Å². The molecule has 0 aromatic heterocycles. The molecule has 1 nitrogen and oxygen atoms in total. The summed E-state index contributed by atoms with van der Waals surface area (Å²) in [7, 11) is 0. The maximum Gasteiger partial charge on any atom is -0.0445 e. The highest BCUT2D eigenvalue weighted by atomic mass is 14.0. The predicted octanol–water partition coefficient (Wildman–Crippen LogP) is 1.74. The van der Waals surface area contributed by atoms with Crippen molar-refractivity contribution < 1.29 is 0 Å². The zero-order valence-corrected chi connectivity index (χ0v) is 3.91. The summed E-state index contributed by atoms with van der Waals surface area (Å²) >= 11 is 0. The third kappa shape index (κ3) is 119. The molecule has 0 aromatic carbocycles. The average Bonchev–Trinajstić information content (AvgIpc) is 0.811. The fourth-order valence-electron chi connectivity index (χ4n) is 0. The highest BCUT2D eigenvalue weighted by Gasteiger charge is 1.51. The first-order valence-corrected chi connectivity index (χ1v) is 1.35. The van der Waals surface area contributed by atoms with E-state index in [2.05, 4.69) is 6.58 Å². The van der Waals surface area contributed by atoms with Gasteiger partial charge in [-0.1, -0.05) is 5.57 Å². The SMILES string of the molecule is C=C(C)C.N. The summed E-state index contributed by atoms with van der Waals surface area (Å²) in [6, 6.07) is 0. The van der Waals surface area contributed by atoms with Gasteiger partial charge in [-0.2, -0.15) is 0 Å². The first kappa shape index (κ1) is 8.83. The van der Waals surface area contributed by atoms with Gasteiger partial charge in [0.1, 0.15) is 0 Å². The monoisotopic (exact) mass is 73.1 g/mol. The molecule has 0 saturated heterocycles. The summed E-state index contributed by atoms with van der Waals surface area (Å²) in [5, 5.41) is 0. The minimum atomic E-state index is 0. The summed E-state index contributed by atoms with van der Waals surface area (Å²) in [4.78, 5) is 0. The van der Waals surface area contributed by atoms with E-state index in [4.69, 9.17) is 0 Å². The van der Waals surface area contributed by atoms with Crippen LogP contribution in [0.25, 0.3) is 0 Å². The Balaban J connectivity index is 0. The first-order chi connectivity index (χ1) is 1.73. The summed E-state index contributed by atoms with van der Waals surface area (Å²) in [5.74, 6) is 0. The minimum Gasteiger partial charge on any atom is -0.344 e. The molecule has 0 radical (unpaired) electrons. The van der Waals surface area contributed by atoms with Gasteiger partial charge in [-0.25, -0.2) is 0 Å². The van der Waals surface area contributed by atoms with Gasteiger partial charge in [0.2, 0.25) is 0 Å². The Hall–Kier alpha value is -0.300. The van der Waals surface area contributed by atoms with Crippen LogP contribution in [0.1, 0.15) is 13.8 Å². The van der Waals surface area contributed by atoms with Crippen LogP contribution in [0.2, 0.25) is 0 Å². The van der Waals surface area contributed by atoms with Gasteiger partial charge in [-0.3, -0.25) is 0 Å². The molecule has 1 heteroatoms. The van der Waals surface area contributed by atoms with Crippen molar-refractivity contribution in [1.82, 2.24) is 6.15 Å². The second-order valence-electron chi connectivity index (χ2n) is 1.21. The molecule has 0 rings (SSSR count). The second-order valence-corrected chi connectivity index (χ2v) is 1.21. The third-order valence-corrected chi connectivity index (χ3v) is 0. The van der Waals surface area contributed by atoms with E-state index >= 15 is 0 Å². The molecule has 0 aromatic rings. The molecular formula is C4H11N. The molecular weight excluding hydrogens is 62.1 g/mol. The fraction of sp³-hybridized carbons (Fsp3) is 0.500. The normalized spacial score (nSPS) is 5.20. The van der Waals surface area contributed by atoms with E-state index in [0.29, 0.717) is 0 Å². The van der Waals surface area contributed by atoms with Gasteiger partial charge in [0.25, 0.3) is 0 Å². The van der Waals surface area contributed by atoms with Crippen LogP contribution in [0.5, 0.6) is 0 Å². The van der Waals surface area contributed by atoms with Crippen molar-refractivity contribution in [2.45, 2.75) is 13.8 Å². The summed E-state index contributed by atoms with van der Waals surface area (Å²) < 4.78 is 0. The smallest absolute Gasteiger partial charge is 0.0445 e. The Morgan fingerprint density at radius 3 is 1.40 bits per heavy atom. The lowest BCUT2D eigenvalue weighted by molar-refractivity contribution is 1.42. The molecule has 5 heavy (non-hydrogen) atoms. The molecule has 0 aliphatic heterocycles. The van der Waals surface area contributed by atoms with Crippen molar-refractivity contribution in [2.75, 3.05) is 0 Å². The summed E-state index contributed by atoms with van der Waals surface area (Å²) in [6.45, 7) is 7.50. The Kier molecular flexibility index (Phi) is 6.53. The number of allylic oxidation sites excluding steroid dienone is 1. The first-order valence-electron chi connectivity index (χ1n) is 1.35. The van der Waals surface area contributed by atoms with E-state index in [9.17, 15) is 0 Å². The van der Waals surface area contributed by atoms with E-state index in [1.54, 1.807) is 0 Å². The zero-order chi connectivity index (χ0) is 3.58. The third-order valence-electron chi connectivity index (χ3n) is 0. The van der Waals surface area contributed by atoms with E-state index in [-0.39, 0.29) is 6.15 Å². The van der Waals surface area contributed by atoms with Crippen LogP contribution < -0.4 is 6.15 Å². The molecule has 0 unspecified atom stereocenters. The molecule has 0 spiro atoms. The van der Waals surface area contributed by atoms with Gasteiger partial charge >= 0.3 is 0 Å². The van der Waals surface area contributed by atoms with Crippen LogP contribution in [-0.2, 0) is 0 Å². The summed E-state index contributed by atoms with van der Waals surface area (Å²) in [6.07, 6.45) is 0. The maximum absolute atomic E-state index is 3.56. The van der Waals surface area contributed by atoms with E-state index < -0.39 is 0 Å². The predicted molar refractivity (Wildman–Crippen MR) is 25.5 cm³/mol. The molecule has 0 heterocycles. The lowest BCUT2D eigenvalue weighted by Gasteiger charge is -1.65. The molecule has 0 bridgehead atoms. The molecule has 0 saturated carbocycles. The van der Waals surface area contributed by atoms with Crippen molar-refractivity contribution in [1.29, 1.82) is 0 Å². The van der Waals surface area contributed by atoms with Crippen molar-refractivity contribution in [3.05, 3.63) is 12.2 Å². The van der Waals surface area contributed by atoms with Crippen molar-refractivity contribution in [2.24, 2.45) is 0 Å². The number of hydrogen-bond donors (Lipinski definition) is 1. The van der Waals surface area contributed by atoms with Gasteiger partial charge in [-0.05, 0) is 13.8 Å². The Morgan fingerprint density at radius 2 is 1.40 bits per heavy atom. The van der Waals surface area contributed by atoms with Crippen molar-refractivity contribution >= 4 is 0 Å². The van der Waals surface area contributed by atoms with Crippen molar-refractivity contribution in [3.8, 4) is 0 Å². The van der Waals surface area contributed by atoms with Gasteiger partial charge in [0, 0.05) is 0 Å².